The van der Waals surface area contributed by atoms with Gasteiger partial charge in [-0.2, -0.15) is 0 Å². The zero-order valence-electron chi connectivity index (χ0n) is 11.7. The molecule has 104 valence electrons. The van der Waals surface area contributed by atoms with Crippen LogP contribution in [0.25, 0.3) is 0 Å². The van der Waals surface area contributed by atoms with E-state index >= 15 is 0 Å². The van der Waals surface area contributed by atoms with Gasteiger partial charge in [-0.15, -0.1) is 0 Å². The zero-order valence-corrected chi connectivity index (χ0v) is 11.7. The summed E-state index contributed by atoms with van der Waals surface area (Å²) in [5.41, 5.74) is 0. The molecule has 0 aromatic heterocycles. The molecule has 1 aliphatic heterocycles. The van der Waals surface area contributed by atoms with E-state index in [0.29, 0.717) is 6.61 Å². The van der Waals surface area contributed by atoms with Gasteiger partial charge in [0.2, 0.25) is 0 Å². The molecule has 0 spiro atoms. The maximum absolute atomic E-state index is 11.7. The Labute approximate surface area is 110 Å². The van der Waals surface area contributed by atoms with Crippen LogP contribution in [0.5, 0.6) is 0 Å². The normalized spacial score (nSPS) is 25.2. The van der Waals surface area contributed by atoms with Crippen molar-refractivity contribution in [2.75, 3.05) is 32.8 Å². The lowest BCUT2D eigenvalue weighted by atomic mass is 10.1. The first-order valence-electron chi connectivity index (χ1n) is 7.37. The molecule has 4 nitrogen and oxygen atoms in total. The Kier molecular flexibility index (Phi) is 5.01. The highest BCUT2D eigenvalue weighted by Gasteiger charge is 2.30. The smallest absolute Gasteiger partial charge is 0.323 e. The molecule has 1 saturated heterocycles. The van der Waals surface area contributed by atoms with Gasteiger partial charge in [0.05, 0.1) is 6.61 Å². The van der Waals surface area contributed by atoms with Gasteiger partial charge in [-0.1, -0.05) is 12.8 Å². The van der Waals surface area contributed by atoms with Crippen molar-refractivity contribution in [2.45, 2.75) is 51.6 Å². The molecule has 0 N–H and O–H groups in total. The second kappa shape index (κ2) is 6.53. The highest BCUT2D eigenvalue weighted by Crippen LogP contribution is 2.24. The van der Waals surface area contributed by atoms with Crippen LogP contribution < -0.4 is 0 Å². The maximum Gasteiger partial charge on any atom is 0.323 e. The second-order valence-electron chi connectivity index (χ2n) is 5.44. The van der Waals surface area contributed by atoms with E-state index in [4.69, 9.17) is 4.74 Å². The molecule has 0 bridgehead atoms. The Balaban J connectivity index is 1.77. The van der Waals surface area contributed by atoms with Gasteiger partial charge >= 0.3 is 5.97 Å². The van der Waals surface area contributed by atoms with Gasteiger partial charge in [-0.3, -0.25) is 14.6 Å². The predicted molar refractivity (Wildman–Crippen MR) is 71.5 cm³/mol. The summed E-state index contributed by atoms with van der Waals surface area (Å²) >= 11 is 0. The van der Waals surface area contributed by atoms with Crippen molar-refractivity contribution in [2.24, 2.45) is 0 Å². The molecule has 2 fully saturated rings. The summed E-state index contributed by atoms with van der Waals surface area (Å²) in [4.78, 5) is 16.6. The lowest BCUT2D eigenvalue weighted by molar-refractivity contribution is -0.149. The topological polar surface area (TPSA) is 32.8 Å². The van der Waals surface area contributed by atoms with Gasteiger partial charge < -0.3 is 4.74 Å². The molecule has 2 rings (SSSR count). The zero-order chi connectivity index (χ0) is 13.0. The SMILES string of the molecule is CCOC(=O)C(C)N1CCN(C2CCCC2)CC1. The molecule has 1 unspecified atom stereocenters. The number of carbonyl (C=O) groups excluding carboxylic acids is 1. The van der Waals surface area contributed by atoms with Crippen LogP contribution in [0.4, 0.5) is 0 Å². The molecule has 0 aromatic carbocycles. The minimum atomic E-state index is -0.0873. The Morgan fingerprint density at radius 2 is 1.83 bits per heavy atom. The number of esters is 1. The molecule has 0 aromatic rings. The number of hydrogen-bond acceptors (Lipinski definition) is 4. The fourth-order valence-electron chi connectivity index (χ4n) is 3.17. The lowest BCUT2D eigenvalue weighted by Crippen LogP contribution is -2.54. The van der Waals surface area contributed by atoms with E-state index in [-0.39, 0.29) is 12.0 Å². The van der Waals surface area contributed by atoms with E-state index in [1.165, 1.54) is 25.7 Å². The molecule has 0 amide bonds. The van der Waals surface area contributed by atoms with Gasteiger partial charge in [-0.25, -0.2) is 0 Å². The van der Waals surface area contributed by atoms with E-state index in [9.17, 15) is 4.79 Å². The van der Waals surface area contributed by atoms with Gasteiger partial charge in [-0.05, 0) is 26.7 Å². The Morgan fingerprint density at radius 3 is 2.39 bits per heavy atom. The third-order valence-corrected chi connectivity index (χ3v) is 4.37. The van der Waals surface area contributed by atoms with E-state index in [1.807, 2.05) is 13.8 Å². The molecule has 1 atom stereocenters. The van der Waals surface area contributed by atoms with Crippen LogP contribution in [-0.2, 0) is 9.53 Å². The van der Waals surface area contributed by atoms with Crippen molar-refractivity contribution in [1.82, 2.24) is 9.80 Å². The fraction of sp³-hybridized carbons (Fsp3) is 0.929. The first-order chi connectivity index (χ1) is 8.72. The Morgan fingerprint density at radius 1 is 1.22 bits per heavy atom. The molecule has 1 aliphatic carbocycles. The number of carbonyl (C=O) groups is 1. The fourth-order valence-corrected chi connectivity index (χ4v) is 3.17. The quantitative estimate of drug-likeness (QED) is 0.712. The molecular formula is C14H26N2O2. The molecule has 1 heterocycles. The molecule has 18 heavy (non-hydrogen) atoms. The lowest BCUT2D eigenvalue weighted by Gasteiger charge is -2.39. The third-order valence-electron chi connectivity index (χ3n) is 4.37. The summed E-state index contributed by atoms with van der Waals surface area (Å²) in [6.45, 7) is 8.51. The van der Waals surface area contributed by atoms with Crippen molar-refractivity contribution in [3.05, 3.63) is 0 Å². The van der Waals surface area contributed by atoms with Crippen molar-refractivity contribution in [3.8, 4) is 0 Å². The summed E-state index contributed by atoms with van der Waals surface area (Å²) < 4.78 is 5.09. The van der Waals surface area contributed by atoms with Gasteiger partial charge in [0.1, 0.15) is 6.04 Å². The minimum Gasteiger partial charge on any atom is -0.465 e. The number of piperazine rings is 1. The van der Waals surface area contributed by atoms with Crippen LogP contribution in [0.1, 0.15) is 39.5 Å². The van der Waals surface area contributed by atoms with E-state index in [0.717, 1.165) is 32.2 Å². The van der Waals surface area contributed by atoms with Gasteiger partial charge in [0.15, 0.2) is 0 Å². The maximum atomic E-state index is 11.7. The van der Waals surface area contributed by atoms with Crippen molar-refractivity contribution >= 4 is 5.97 Å². The standard InChI is InChI=1S/C14H26N2O2/c1-3-18-14(17)12(2)15-8-10-16(11-9-15)13-6-4-5-7-13/h12-13H,3-11H2,1-2H3. The van der Waals surface area contributed by atoms with Crippen LogP contribution >= 0.6 is 0 Å². The summed E-state index contributed by atoms with van der Waals surface area (Å²) in [6.07, 6.45) is 5.52. The van der Waals surface area contributed by atoms with Crippen molar-refractivity contribution in [3.63, 3.8) is 0 Å². The number of hydrogen-bond donors (Lipinski definition) is 0. The van der Waals surface area contributed by atoms with E-state index in [1.54, 1.807) is 0 Å². The third kappa shape index (κ3) is 3.23. The average Bonchev–Trinajstić information content (AvgIpc) is 2.92. The largest absolute Gasteiger partial charge is 0.465 e. The molecule has 0 radical (unpaired) electrons. The predicted octanol–water partition coefficient (Wildman–Crippen LogP) is 1.50. The summed E-state index contributed by atoms with van der Waals surface area (Å²) in [5, 5.41) is 0. The van der Waals surface area contributed by atoms with Crippen LogP contribution in [0, 0.1) is 0 Å². The number of nitrogens with zero attached hydrogens (tertiary/aromatic N) is 2. The number of ether oxygens (including phenoxy) is 1. The summed E-state index contributed by atoms with van der Waals surface area (Å²) in [5.74, 6) is -0.0770. The minimum absolute atomic E-state index is 0.0770. The number of rotatable bonds is 4. The van der Waals surface area contributed by atoms with E-state index in [2.05, 4.69) is 9.80 Å². The highest BCUT2D eigenvalue weighted by atomic mass is 16.5. The second-order valence-corrected chi connectivity index (χ2v) is 5.44. The molecule has 1 saturated carbocycles. The monoisotopic (exact) mass is 254 g/mol. The molecular weight excluding hydrogens is 228 g/mol. The highest BCUT2D eigenvalue weighted by molar-refractivity contribution is 5.75. The van der Waals surface area contributed by atoms with Crippen LogP contribution in [0.15, 0.2) is 0 Å². The Hall–Kier alpha value is -0.610. The summed E-state index contributed by atoms with van der Waals surface area (Å²) in [6, 6.07) is 0.723. The first kappa shape index (κ1) is 13.8. The van der Waals surface area contributed by atoms with Gasteiger partial charge in [0, 0.05) is 32.2 Å². The van der Waals surface area contributed by atoms with E-state index < -0.39 is 0 Å². The van der Waals surface area contributed by atoms with Crippen molar-refractivity contribution < 1.29 is 9.53 Å². The van der Waals surface area contributed by atoms with Crippen LogP contribution in [-0.4, -0.2) is 60.6 Å². The molecule has 2 aliphatic rings. The average molecular weight is 254 g/mol. The van der Waals surface area contributed by atoms with Crippen molar-refractivity contribution in [1.29, 1.82) is 0 Å². The molecule has 4 heteroatoms. The summed E-state index contributed by atoms with van der Waals surface area (Å²) in [7, 11) is 0. The van der Waals surface area contributed by atoms with Crippen LogP contribution in [0.3, 0.4) is 0 Å². The van der Waals surface area contributed by atoms with Gasteiger partial charge in [0.25, 0.3) is 0 Å². The first-order valence-corrected chi connectivity index (χ1v) is 7.37. The Bertz CT molecular complexity index is 269. The van der Waals surface area contributed by atoms with Crippen LogP contribution in [0.2, 0.25) is 0 Å².